The number of rotatable bonds is 12. The fourth-order valence-corrected chi connectivity index (χ4v) is 4.40. The Labute approximate surface area is 195 Å². The van der Waals surface area contributed by atoms with Crippen molar-refractivity contribution in [3.05, 3.63) is 0 Å². The fraction of sp³-hybridized carbons (Fsp3) is 0.955. The van der Waals surface area contributed by atoms with Gasteiger partial charge in [0.25, 0.3) is 0 Å². The smallest absolute Gasteiger partial charge is 0.193 e. The van der Waals surface area contributed by atoms with Crippen molar-refractivity contribution >= 4 is 29.9 Å². The van der Waals surface area contributed by atoms with Gasteiger partial charge in [-0.1, -0.05) is 12.8 Å². The summed E-state index contributed by atoms with van der Waals surface area (Å²) in [5.41, 5.74) is 0.346. The van der Waals surface area contributed by atoms with Gasteiger partial charge >= 0.3 is 0 Å². The van der Waals surface area contributed by atoms with E-state index >= 15 is 0 Å². The molecule has 0 amide bonds. The Kier molecular flexibility index (Phi) is 14.5. The molecule has 6 nitrogen and oxygen atoms in total. The second-order valence-corrected chi connectivity index (χ2v) is 8.23. The van der Waals surface area contributed by atoms with E-state index in [1.165, 1.54) is 25.7 Å². The number of halogens is 1. The molecule has 29 heavy (non-hydrogen) atoms. The standard InChI is InChI=1S/C22H43N3O3.HI/c1-4-23-21(24-19-22(11-6-7-12-22)13-18-27-5-2)25-14-9-20(10-15-25)28-17-8-16-26-3;/h20H,4-19H2,1-3H3,(H,23,24);1H. The highest BCUT2D eigenvalue weighted by atomic mass is 127. The van der Waals surface area contributed by atoms with Gasteiger partial charge in [0.05, 0.1) is 6.10 Å². The third-order valence-electron chi connectivity index (χ3n) is 6.13. The minimum absolute atomic E-state index is 0. The Bertz CT molecular complexity index is 437. The van der Waals surface area contributed by atoms with Crippen LogP contribution < -0.4 is 5.32 Å². The van der Waals surface area contributed by atoms with Crippen LogP contribution in [0.5, 0.6) is 0 Å². The minimum Gasteiger partial charge on any atom is -0.385 e. The number of hydrogen-bond donors (Lipinski definition) is 1. The van der Waals surface area contributed by atoms with Crippen LogP contribution >= 0.6 is 24.0 Å². The zero-order valence-corrected chi connectivity index (χ0v) is 21.2. The van der Waals surface area contributed by atoms with E-state index in [2.05, 4.69) is 24.1 Å². The molecule has 7 heteroatoms. The molecule has 1 aliphatic carbocycles. The maximum absolute atomic E-state index is 6.00. The molecule has 1 saturated heterocycles. The number of methoxy groups -OCH3 is 1. The van der Waals surface area contributed by atoms with Gasteiger partial charge in [-0.2, -0.15) is 0 Å². The lowest BCUT2D eigenvalue weighted by Gasteiger charge is -2.35. The van der Waals surface area contributed by atoms with Crippen molar-refractivity contribution in [1.82, 2.24) is 10.2 Å². The lowest BCUT2D eigenvalue weighted by atomic mass is 9.83. The molecule has 2 aliphatic rings. The Balaban J connectivity index is 0.00000420. The summed E-state index contributed by atoms with van der Waals surface area (Å²) in [5.74, 6) is 1.09. The maximum Gasteiger partial charge on any atom is 0.193 e. The zero-order chi connectivity index (χ0) is 20.1. The molecular weight excluding hydrogens is 481 g/mol. The summed E-state index contributed by atoms with van der Waals surface area (Å²) >= 11 is 0. The molecule has 1 aliphatic heterocycles. The third-order valence-corrected chi connectivity index (χ3v) is 6.13. The highest BCUT2D eigenvalue weighted by molar-refractivity contribution is 14.0. The summed E-state index contributed by atoms with van der Waals surface area (Å²) < 4.78 is 16.8. The number of ether oxygens (including phenoxy) is 3. The normalized spacial score (nSPS) is 20.0. The predicted molar refractivity (Wildman–Crippen MR) is 130 cm³/mol. The largest absolute Gasteiger partial charge is 0.385 e. The first-order valence-corrected chi connectivity index (χ1v) is 11.4. The van der Waals surface area contributed by atoms with Gasteiger partial charge in [0.2, 0.25) is 0 Å². The van der Waals surface area contributed by atoms with Gasteiger partial charge < -0.3 is 24.4 Å². The number of guanidine groups is 1. The van der Waals surface area contributed by atoms with E-state index in [0.29, 0.717) is 11.5 Å². The Hall–Kier alpha value is -0.120. The van der Waals surface area contributed by atoms with Crippen molar-refractivity contribution in [2.24, 2.45) is 10.4 Å². The first kappa shape index (κ1) is 26.9. The number of likely N-dealkylation sites (tertiary alicyclic amines) is 1. The lowest BCUT2D eigenvalue weighted by Crippen LogP contribution is -2.47. The molecule has 0 unspecified atom stereocenters. The van der Waals surface area contributed by atoms with Crippen molar-refractivity contribution in [2.45, 2.75) is 71.3 Å². The molecule has 172 valence electrons. The van der Waals surface area contributed by atoms with E-state index in [9.17, 15) is 0 Å². The van der Waals surface area contributed by atoms with Crippen LogP contribution in [0.4, 0.5) is 0 Å². The number of piperidine rings is 1. The Morgan fingerprint density at radius 3 is 2.45 bits per heavy atom. The Morgan fingerprint density at radius 1 is 1.10 bits per heavy atom. The molecule has 0 aromatic carbocycles. The number of aliphatic imine (C=N–C) groups is 1. The molecule has 0 spiro atoms. The van der Waals surface area contributed by atoms with E-state index in [1.54, 1.807) is 7.11 Å². The van der Waals surface area contributed by atoms with Gasteiger partial charge in [-0.3, -0.25) is 4.99 Å². The zero-order valence-electron chi connectivity index (χ0n) is 18.9. The van der Waals surface area contributed by atoms with Gasteiger partial charge in [-0.15, -0.1) is 24.0 Å². The molecule has 2 fully saturated rings. The first-order chi connectivity index (χ1) is 13.7. The van der Waals surface area contributed by atoms with Crippen LogP contribution in [0, 0.1) is 5.41 Å². The summed E-state index contributed by atoms with van der Waals surface area (Å²) in [7, 11) is 1.74. The summed E-state index contributed by atoms with van der Waals surface area (Å²) in [6.07, 6.45) is 9.91. The van der Waals surface area contributed by atoms with Crippen molar-refractivity contribution in [1.29, 1.82) is 0 Å². The van der Waals surface area contributed by atoms with E-state index < -0.39 is 0 Å². The average molecular weight is 526 g/mol. The van der Waals surface area contributed by atoms with Gasteiger partial charge in [0, 0.05) is 59.7 Å². The molecule has 0 aromatic rings. The fourth-order valence-electron chi connectivity index (χ4n) is 4.40. The summed E-state index contributed by atoms with van der Waals surface area (Å²) in [5, 5.41) is 3.52. The molecular formula is C22H44IN3O3. The SMILES string of the molecule is CCNC(=NCC1(CCOCC)CCCC1)N1CCC(OCCCOC)CC1.I. The van der Waals surface area contributed by atoms with Crippen LogP contribution in [-0.4, -0.2) is 76.7 Å². The molecule has 0 bridgehead atoms. The van der Waals surface area contributed by atoms with Crippen LogP contribution in [0.2, 0.25) is 0 Å². The van der Waals surface area contributed by atoms with Crippen LogP contribution in [0.15, 0.2) is 4.99 Å². The first-order valence-electron chi connectivity index (χ1n) is 11.4. The topological polar surface area (TPSA) is 55.3 Å². The van der Waals surface area contributed by atoms with Gasteiger partial charge in [-0.05, 0) is 57.8 Å². The summed E-state index contributed by atoms with van der Waals surface area (Å²) in [6.45, 7) is 11.4. The minimum atomic E-state index is 0. The van der Waals surface area contributed by atoms with Gasteiger partial charge in [-0.25, -0.2) is 0 Å². The molecule has 1 heterocycles. The molecule has 2 rings (SSSR count). The van der Waals surface area contributed by atoms with Crippen molar-refractivity contribution in [3.63, 3.8) is 0 Å². The molecule has 1 saturated carbocycles. The van der Waals surface area contributed by atoms with Crippen molar-refractivity contribution in [3.8, 4) is 0 Å². The summed E-state index contributed by atoms with van der Waals surface area (Å²) in [4.78, 5) is 7.52. The number of nitrogens with zero attached hydrogens (tertiary/aromatic N) is 2. The van der Waals surface area contributed by atoms with E-state index in [0.717, 1.165) is 84.2 Å². The Morgan fingerprint density at radius 2 is 1.83 bits per heavy atom. The highest BCUT2D eigenvalue weighted by Gasteiger charge is 2.34. The summed E-state index contributed by atoms with van der Waals surface area (Å²) in [6, 6.07) is 0. The van der Waals surface area contributed by atoms with Crippen molar-refractivity contribution in [2.75, 3.05) is 59.7 Å². The number of hydrogen-bond acceptors (Lipinski definition) is 4. The van der Waals surface area contributed by atoms with E-state index in [4.69, 9.17) is 19.2 Å². The molecule has 0 radical (unpaired) electrons. The van der Waals surface area contributed by atoms with Gasteiger partial charge in [0.15, 0.2) is 5.96 Å². The average Bonchev–Trinajstić information content (AvgIpc) is 3.18. The third kappa shape index (κ3) is 9.70. The van der Waals surface area contributed by atoms with Gasteiger partial charge in [0.1, 0.15) is 0 Å². The van der Waals surface area contributed by atoms with Crippen LogP contribution in [0.25, 0.3) is 0 Å². The second-order valence-electron chi connectivity index (χ2n) is 8.23. The quantitative estimate of drug-likeness (QED) is 0.180. The van der Waals surface area contributed by atoms with Crippen LogP contribution in [0.1, 0.15) is 65.2 Å². The highest BCUT2D eigenvalue weighted by Crippen LogP contribution is 2.41. The predicted octanol–water partition coefficient (Wildman–Crippen LogP) is 4.07. The second kappa shape index (κ2) is 15.6. The molecule has 1 N–H and O–H groups in total. The van der Waals surface area contributed by atoms with Crippen molar-refractivity contribution < 1.29 is 14.2 Å². The van der Waals surface area contributed by atoms with E-state index in [1.807, 2.05) is 0 Å². The number of nitrogens with one attached hydrogen (secondary N) is 1. The monoisotopic (exact) mass is 525 g/mol. The maximum atomic E-state index is 6.00. The lowest BCUT2D eigenvalue weighted by molar-refractivity contribution is 0.00985. The van der Waals surface area contributed by atoms with Crippen LogP contribution in [-0.2, 0) is 14.2 Å². The molecule has 0 atom stereocenters. The van der Waals surface area contributed by atoms with Crippen LogP contribution in [0.3, 0.4) is 0 Å². The molecule has 0 aromatic heterocycles. The van der Waals surface area contributed by atoms with E-state index in [-0.39, 0.29) is 24.0 Å².